The van der Waals surface area contributed by atoms with E-state index in [-0.39, 0.29) is 6.10 Å². The summed E-state index contributed by atoms with van der Waals surface area (Å²) >= 11 is 0. The van der Waals surface area contributed by atoms with Gasteiger partial charge in [0, 0.05) is 4.91 Å². The molecule has 3 heterocycles. The molecule has 1 unspecified atom stereocenters. The van der Waals surface area contributed by atoms with Gasteiger partial charge in [0.05, 0.1) is 12.6 Å². The summed E-state index contributed by atoms with van der Waals surface area (Å²) in [6, 6.07) is -0.491. The van der Waals surface area contributed by atoms with Gasteiger partial charge in [0.25, 0.3) is 0 Å². The van der Waals surface area contributed by atoms with Gasteiger partial charge >= 0.3 is 0 Å². The third kappa shape index (κ3) is 2.39. The third-order valence-corrected chi connectivity index (χ3v) is 3.63. The topological polar surface area (TPSA) is 94.9 Å². The Kier molecular flexibility index (Phi) is 3.20. The Hall–Kier alpha value is -0.890. The Labute approximate surface area is 116 Å². The largest absolute Gasteiger partial charge is 0.348 e. The monoisotopic (exact) mass is 285 g/mol. The minimum Gasteiger partial charge on any atom is -0.348 e. The van der Waals surface area contributed by atoms with Crippen LogP contribution < -0.4 is 0 Å². The van der Waals surface area contributed by atoms with E-state index in [9.17, 15) is 0 Å². The summed E-state index contributed by atoms with van der Waals surface area (Å²) in [5.74, 6) is -1.40. The third-order valence-electron chi connectivity index (χ3n) is 3.63. The number of rotatable bonds is 2. The SMILES string of the molecule is CC1(C)OC[C@H]([C@H]2OC3OC(C)(C)O[C@@H]3[C@@H]2N=[N+]=[N-])O1. The predicted molar refractivity (Wildman–Crippen MR) is 66.5 cm³/mol. The molecule has 0 aromatic rings. The zero-order valence-electron chi connectivity index (χ0n) is 12.0. The summed E-state index contributed by atoms with van der Waals surface area (Å²) in [5, 5.41) is 3.82. The molecular formula is C12H19N3O5. The number of ether oxygens (including phenoxy) is 5. The molecule has 8 heteroatoms. The highest BCUT2D eigenvalue weighted by atomic mass is 16.8. The van der Waals surface area contributed by atoms with Crippen molar-refractivity contribution in [1.29, 1.82) is 0 Å². The van der Waals surface area contributed by atoms with Gasteiger partial charge in [-0.25, -0.2) is 0 Å². The summed E-state index contributed by atoms with van der Waals surface area (Å²) in [5.41, 5.74) is 8.77. The van der Waals surface area contributed by atoms with Gasteiger partial charge in [-0.1, -0.05) is 5.11 Å². The molecular weight excluding hydrogens is 266 g/mol. The van der Waals surface area contributed by atoms with Crippen molar-refractivity contribution in [2.24, 2.45) is 5.11 Å². The molecule has 0 aromatic heterocycles. The second-order valence-corrected chi connectivity index (χ2v) is 6.13. The summed E-state index contributed by atoms with van der Waals surface area (Å²) in [7, 11) is 0. The van der Waals surface area contributed by atoms with Crippen LogP contribution in [-0.2, 0) is 23.7 Å². The first-order valence-corrected chi connectivity index (χ1v) is 6.68. The van der Waals surface area contributed by atoms with Gasteiger partial charge in [0.15, 0.2) is 17.9 Å². The van der Waals surface area contributed by atoms with Gasteiger partial charge in [-0.2, -0.15) is 0 Å². The van der Waals surface area contributed by atoms with Gasteiger partial charge < -0.3 is 23.7 Å². The van der Waals surface area contributed by atoms with Gasteiger partial charge in [0.2, 0.25) is 0 Å². The maximum Gasteiger partial charge on any atom is 0.188 e. The molecule has 0 aliphatic carbocycles. The molecule has 0 amide bonds. The van der Waals surface area contributed by atoms with E-state index < -0.39 is 36.1 Å². The lowest BCUT2D eigenvalue weighted by atomic mass is 10.0. The van der Waals surface area contributed by atoms with Crippen molar-refractivity contribution in [2.45, 2.75) is 69.9 Å². The van der Waals surface area contributed by atoms with E-state index in [0.717, 1.165) is 0 Å². The minimum absolute atomic E-state index is 0.304. The van der Waals surface area contributed by atoms with Gasteiger partial charge in [-0.15, -0.1) is 0 Å². The number of hydrogen-bond donors (Lipinski definition) is 0. The van der Waals surface area contributed by atoms with Crippen LogP contribution in [0.1, 0.15) is 27.7 Å². The fourth-order valence-electron chi connectivity index (χ4n) is 2.89. The van der Waals surface area contributed by atoms with E-state index in [1.54, 1.807) is 13.8 Å². The lowest BCUT2D eigenvalue weighted by molar-refractivity contribution is -0.222. The van der Waals surface area contributed by atoms with Gasteiger partial charge in [-0.3, -0.25) is 0 Å². The average molecular weight is 285 g/mol. The molecule has 112 valence electrons. The van der Waals surface area contributed by atoms with E-state index in [1.165, 1.54) is 0 Å². The molecule has 0 saturated carbocycles. The van der Waals surface area contributed by atoms with Crippen molar-refractivity contribution in [3.63, 3.8) is 0 Å². The summed E-state index contributed by atoms with van der Waals surface area (Å²) in [6.45, 7) is 7.66. The van der Waals surface area contributed by atoms with Crippen LogP contribution in [0, 0.1) is 0 Å². The second-order valence-electron chi connectivity index (χ2n) is 6.13. The van der Waals surface area contributed by atoms with Gasteiger partial charge in [0.1, 0.15) is 18.3 Å². The number of fused-ring (bicyclic) bond motifs is 1. The van der Waals surface area contributed by atoms with E-state index in [2.05, 4.69) is 10.0 Å². The van der Waals surface area contributed by atoms with E-state index in [0.29, 0.717) is 6.61 Å². The van der Waals surface area contributed by atoms with Crippen LogP contribution in [0.2, 0.25) is 0 Å². The van der Waals surface area contributed by atoms with Crippen molar-refractivity contribution >= 4 is 0 Å². The Morgan fingerprint density at radius 2 is 1.80 bits per heavy atom. The Morgan fingerprint density at radius 1 is 1.05 bits per heavy atom. The van der Waals surface area contributed by atoms with Crippen LogP contribution in [0.15, 0.2) is 5.11 Å². The fraction of sp³-hybridized carbons (Fsp3) is 1.00. The molecule has 8 nitrogen and oxygen atoms in total. The number of hydrogen-bond acceptors (Lipinski definition) is 6. The van der Waals surface area contributed by atoms with Crippen molar-refractivity contribution in [2.75, 3.05) is 6.61 Å². The second kappa shape index (κ2) is 4.56. The van der Waals surface area contributed by atoms with Crippen LogP contribution >= 0.6 is 0 Å². The quantitative estimate of drug-likeness (QED) is 0.437. The molecule has 3 aliphatic rings. The molecule has 20 heavy (non-hydrogen) atoms. The molecule has 3 saturated heterocycles. The van der Waals surface area contributed by atoms with E-state index in [4.69, 9.17) is 29.2 Å². The maximum absolute atomic E-state index is 8.77. The average Bonchev–Trinajstić information content (AvgIpc) is 2.91. The molecule has 0 aromatic carbocycles. The number of azide groups is 1. The van der Waals surface area contributed by atoms with Crippen LogP contribution in [0.3, 0.4) is 0 Å². The first-order chi connectivity index (χ1) is 9.31. The fourth-order valence-corrected chi connectivity index (χ4v) is 2.89. The zero-order valence-corrected chi connectivity index (χ0v) is 12.0. The highest BCUT2D eigenvalue weighted by molar-refractivity contribution is 5.01. The molecule has 0 N–H and O–H groups in total. The Morgan fingerprint density at radius 3 is 2.40 bits per heavy atom. The molecule has 0 spiro atoms. The smallest absolute Gasteiger partial charge is 0.188 e. The zero-order chi connectivity index (χ0) is 14.5. The van der Waals surface area contributed by atoms with Gasteiger partial charge in [-0.05, 0) is 33.2 Å². The maximum atomic E-state index is 8.77. The van der Waals surface area contributed by atoms with Crippen LogP contribution in [0.5, 0.6) is 0 Å². The highest BCUT2D eigenvalue weighted by Crippen LogP contribution is 2.41. The van der Waals surface area contributed by atoms with Crippen molar-refractivity contribution in [3.05, 3.63) is 10.4 Å². The number of nitrogens with zero attached hydrogens (tertiary/aromatic N) is 3. The van der Waals surface area contributed by atoms with Crippen molar-refractivity contribution < 1.29 is 23.7 Å². The lowest BCUT2D eigenvalue weighted by Crippen LogP contribution is -2.41. The van der Waals surface area contributed by atoms with Crippen LogP contribution in [0.25, 0.3) is 10.4 Å². The van der Waals surface area contributed by atoms with Crippen molar-refractivity contribution in [3.8, 4) is 0 Å². The summed E-state index contributed by atoms with van der Waals surface area (Å²) in [6.07, 6.45) is -1.70. The Bertz CT molecular complexity index is 448. The molecule has 3 aliphatic heterocycles. The van der Waals surface area contributed by atoms with Crippen LogP contribution in [-0.4, -0.2) is 48.8 Å². The molecule has 3 rings (SSSR count). The first kappa shape index (κ1) is 14.1. The Balaban J connectivity index is 1.78. The first-order valence-electron chi connectivity index (χ1n) is 6.68. The van der Waals surface area contributed by atoms with Crippen molar-refractivity contribution in [1.82, 2.24) is 0 Å². The normalized spacial score (nSPS) is 45.1. The molecule has 0 radical (unpaired) electrons. The van der Waals surface area contributed by atoms with E-state index >= 15 is 0 Å². The minimum atomic E-state index is -0.740. The predicted octanol–water partition coefficient (Wildman–Crippen LogP) is 1.69. The standard InChI is InChI=1S/C12H19N3O5/c1-11(2)16-5-6(18-11)8-7(14-15-13)9-10(17-8)20-12(3,4)19-9/h6-10H,5H2,1-4H3/t6-,7-,8-,9-,10?/m1/s1. The molecule has 0 bridgehead atoms. The van der Waals surface area contributed by atoms with Crippen LogP contribution in [0.4, 0.5) is 0 Å². The summed E-state index contributed by atoms with van der Waals surface area (Å²) < 4.78 is 28.6. The lowest BCUT2D eigenvalue weighted by Gasteiger charge is -2.26. The van der Waals surface area contributed by atoms with E-state index in [1.807, 2.05) is 13.8 Å². The summed E-state index contributed by atoms with van der Waals surface area (Å²) in [4.78, 5) is 2.90. The highest BCUT2D eigenvalue weighted by Gasteiger charge is 2.57. The molecule has 3 fully saturated rings. The molecule has 5 atom stereocenters.